The fourth-order valence-electron chi connectivity index (χ4n) is 3.33. The lowest BCUT2D eigenvalue weighted by atomic mass is 9.81. The van der Waals surface area contributed by atoms with Crippen molar-refractivity contribution in [3.8, 4) is 17.9 Å². The number of alkyl halides is 2. The number of rotatable bonds is 4. The van der Waals surface area contributed by atoms with E-state index >= 15 is 0 Å². The first-order valence-electron chi connectivity index (χ1n) is 9.11. The molecule has 0 bridgehead atoms. The van der Waals surface area contributed by atoms with Gasteiger partial charge in [0.25, 0.3) is 11.9 Å². The minimum atomic E-state index is -3.44. The average molecular weight is 404 g/mol. The van der Waals surface area contributed by atoms with Crippen LogP contribution in [0.3, 0.4) is 0 Å². The minimum Gasteiger partial charge on any atom is -0.468 e. The lowest BCUT2D eigenvalue weighted by molar-refractivity contribution is -0.0465. The fourth-order valence-corrected chi connectivity index (χ4v) is 3.33. The summed E-state index contributed by atoms with van der Waals surface area (Å²) in [7, 11) is 1.43. The van der Waals surface area contributed by atoms with Crippen molar-refractivity contribution in [2.75, 3.05) is 12.4 Å². The summed E-state index contributed by atoms with van der Waals surface area (Å²) < 4.78 is 51.0. The molecule has 1 aliphatic carbocycles. The molecule has 0 radical (unpaired) electrons. The monoisotopic (exact) mass is 404 g/mol. The molecule has 2 heterocycles. The molecule has 1 saturated carbocycles. The maximum absolute atomic E-state index is 14.9. The number of carbonyl (C=O) groups is 1. The van der Waals surface area contributed by atoms with Crippen LogP contribution in [0, 0.1) is 23.6 Å². The molecule has 1 fully saturated rings. The largest absolute Gasteiger partial charge is 0.468 e. The van der Waals surface area contributed by atoms with Gasteiger partial charge in [0.1, 0.15) is 5.82 Å². The number of nitrogens with zero attached hydrogens (tertiary/aromatic N) is 2. The Morgan fingerprint density at radius 1 is 1.41 bits per heavy atom. The van der Waals surface area contributed by atoms with Crippen LogP contribution in [0.1, 0.15) is 30.9 Å². The fraction of sp³-hybridized carbons (Fsp3) is 0.400. The van der Waals surface area contributed by atoms with Gasteiger partial charge in [0.2, 0.25) is 0 Å². The van der Waals surface area contributed by atoms with Gasteiger partial charge < -0.3 is 15.4 Å². The Balaban J connectivity index is 1.82. The molecule has 4 rings (SSSR count). The van der Waals surface area contributed by atoms with Gasteiger partial charge in [-0.05, 0) is 25.0 Å². The highest BCUT2D eigenvalue weighted by Gasteiger charge is 2.55. The number of urea groups is 1. The first-order chi connectivity index (χ1) is 13.7. The van der Waals surface area contributed by atoms with Crippen molar-refractivity contribution < 1.29 is 22.7 Å². The highest BCUT2D eigenvalue weighted by atomic mass is 19.3. The van der Waals surface area contributed by atoms with Crippen LogP contribution < -0.4 is 15.4 Å². The van der Waals surface area contributed by atoms with Crippen LogP contribution in [0.4, 0.5) is 23.7 Å². The quantitative estimate of drug-likeness (QED) is 0.767. The first kappa shape index (κ1) is 19.2. The average Bonchev–Trinajstić information content (AvgIpc) is 3.37. The Kier molecular flexibility index (Phi) is 4.45. The topological polar surface area (TPSA) is 68.2 Å². The lowest BCUT2D eigenvalue weighted by Crippen LogP contribution is -2.59. The number of fused-ring (bicyclic) bond motifs is 1. The minimum absolute atomic E-state index is 0.0299. The summed E-state index contributed by atoms with van der Waals surface area (Å²) >= 11 is 0. The van der Waals surface area contributed by atoms with Gasteiger partial charge in [-0.3, -0.25) is 4.57 Å². The SMILES string of the molecule is COc1nccn1Cc1cc2c(cc1F)[C@@](C#CC1CC1)(C(C)(F)F)NC(=O)N2. The third-order valence-corrected chi connectivity index (χ3v) is 5.04. The van der Waals surface area contributed by atoms with Gasteiger partial charge >= 0.3 is 6.03 Å². The van der Waals surface area contributed by atoms with E-state index in [4.69, 9.17) is 4.74 Å². The summed E-state index contributed by atoms with van der Waals surface area (Å²) in [6, 6.07) is 1.82. The van der Waals surface area contributed by atoms with E-state index in [0.29, 0.717) is 6.92 Å². The summed E-state index contributed by atoms with van der Waals surface area (Å²) in [5.41, 5.74) is -2.13. The van der Waals surface area contributed by atoms with Gasteiger partial charge in [0.15, 0.2) is 5.54 Å². The van der Waals surface area contributed by atoms with Crippen LogP contribution in [-0.4, -0.2) is 28.6 Å². The molecule has 0 unspecified atom stereocenters. The normalized spacial score (nSPS) is 20.8. The van der Waals surface area contributed by atoms with Crippen molar-refractivity contribution in [1.82, 2.24) is 14.9 Å². The Morgan fingerprint density at radius 2 is 2.17 bits per heavy atom. The van der Waals surface area contributed by atoms with E-state index in [1.807, 2.05) is 0 Å². The van der Waals surface area contributed by atoms with Gasteiger partial charge in [0.05, 0.1) is 13.7 Å². The molecule has 152 valence electrons. The molecule has 0 saturated heterocycles. The van der Waals surface area contributed by atoms with E-state index in [0.717, 1.165) is 18.9 Å². The molecule has 1 atom stereocenters. The van der Waals surface area contributed by atoms with Crippen LogP contribution in [-0.2, 0) is 12.1 Å². The van der Waals surface area contributed by atoms with E-state index in [1.165, 1.54) is 19.4 Å². The number of hydrogen-bond donors (Lipinski definition) is 2. The zero-order valence-corrected chi connectivity index (χ0v) is 15.9. The van der Waals surface area contributed by atoms with E-state index in [1.54, 1.807) is 10.8 Å². The van der Waals surface area contributed by atoms with E-state index in [9.17, 15) is 18.0 Å². The van der Waals surface area contributed by atoms with Crippen molar-refractivity contribution in [2.45, 2.75) is 37.8 Å². The predicted octanol–water partition coefficient (Wildman–Crippen LogP) is 3.48. The highest BCUT2D eigenvalue weighted by molar-refractivity contribution is 5.95. The summed E-state index contributed by atoms with van der Waals surface area (Å²) in [6.07, 6.45) is 4.76. The summed E-state index contributed by atoms with van der Waals surface area (Å²) in [4.78, 5) is 16.2. The molecule has 1 aromatic heterocycles. The van der Waals surface area contributed by atoms with Gasteiger partial charge in [-0.1, -0.05) is 11.8 Å². The van der Waals surface area contributed by atoms with Gasteiger partial charge in [-0.2, -0.15) is 0 Å². The molecule has 9 heteroatoms. The molecule has 1 aromatic carbocycles. The van der Waals surface area contributed by atoms with Crippen molar-refractivity contribution >= 4 is 11.7 Å². The van der Waals surface area contributed by atoms with Crippen LogP contribution in [0.2, 0.25) is 0 Å². The number of benzene rings is 1. The standard InChI is InChI=1S/C20H19F3N4O2/c1-19(22,23)20(6-5-12-3-4-12)14-10-15(21)13(9-16(14)25-17(28)26-20)11-27-8-7-24-18(27)29-2/h7-10,12H,3-4,11H2,1-2H3,(H2,25,26,28)/t20-/m0/s1. The van der Waals surface area contributed by atoms with Crippen molar-refractivity contribution in [3.63, 3.8) is 0 Å². The number of ether oxygens (including phenoxy) is 1. The zero-order valence-electron chi connectivity index (χ0n) is 15.9. The van der Waals surface area contributed by atoms with Gasteiger partial charge in [0, 0.05) is 42.0 Å². The maximum atomic E-state index is 14.9. The second kappa shape index (κ2) is 6.72. The summed E-state index contributed by atoms with van der Waals surface area (Å²) in [5, 5.41) is 4.74. The van der Waals surface area contributed by atoms with Crippen LogP contribution in [0.25, 0.3) is 0 Å². The lowest BCUT2D eigenvalue weighted by Gasteiger charge is -2.40. The van der Waals surface area contributed by atoms with Gasteiger partial charge in [-0.15, -0.1) is 0 Å². The number of carbonyl (C=O) groups excluding carboxylic acids is 1. The number of nitrogens with one attached hydrogen (secondary N) is 2. The number of hydrogen-bond acceptors (Lipinski definition) is 3. The number of amides is 2. The number of halogens is 3. The first-order valence-corrected chi connectivity index (χ1v) is 9.11. The molecule has 6 nitrogen and oxygen atoms in total. The molecule has 1 aliphatic heterocycles. The van der Waals surface area contributed by atoms with Crippen molar-refractivity contribution in [2.24, 2.45) is 5.92 Å². The predicted molar refractivity (Wildman–Crippen MR) is 99.2 cm³/mol. The Labute approximate surface area is 165 Å². The molecule has 2 amide bonds. The molecular formula is C20H19F3N4O2. The Morgan fingerprint density at radius 3 is 2.83 bits per heavy atom. The molecule has 0 spiro atoms. The molecule has 29 heavy (non-hydrogen) atoms. The van der Waals surface area contributed by atoms with Crippen LogP contribution in [0.5, 0.6) is 6.01 Å². The van der Waals surface area contributed by atoms with E-state index in [-0.39, 0.29) is 35.3 Å². The van der Waals surface area contributed by atoms with Gasteiger partial charge in [-0.25, -0.2) is 22.9 Å². The zero-order chi connectivity index (χ0) is 20.8. The van der Waals surface area contributed by atoms with Crippen LogP contribution in [0.15, 0.2) is 24.5 Å². The van der Waals surface area contributed by atoms with E-state index in [2.05, 4.69) is 27.5 Å². The molecule has 2 N–H and O–H groups in total. The van der Waals surface area contributed by atoms with Crippen molar-refractivity contribution in [3.05, 3.63) is 41.5 Å². The molecular weight excluding hydrogens is 385 g/mol. The summed E-state index contributed by atoms with van der Waals surface area (Å²) in [5.74, 6) is 1.25. The number of imidazole rings is 1. The molecule has 2 aromatic rings. The summed E-state index contributed by atoms with van der Waals surface area (Å²) in [6.45, 7) is 0.723. The van der Waals surface area contributed by atoms with Crippen molar-refractivity contribution in [1.29, 1.82) is 0 Å². The Hall–Kier alpha value is -3.15. The Bertz CT molecular complexity index is 1030. The number of anilines is 1. The second-order valence-electron chi connectivity index (χ2n) is 7.29. The number of aromatic nitrogens is 2. The second-order valence-corrected chi connectivity index (χ2v) is 7.29. The van der Waals surface area contributed by atoms with E-state index < -0.39 is 23.3 Å². The highest BCUT2D eigenvalue weighted by Crippen LogP contribution is 2.44. The van der Waals surface area contributed by atoms with Crippen LogP contribution >= 0.6 is 0 Å². The maximum Gasteiger partial charge on any atom is 0.320 e. The number of methoxy groups -OCH3 is 1. The molecule has 2 aliphatic rings. The smallest absolute Gasteiger partial charge is 0.320 e. The third-order valence-electron chi connectivity index (χ3n) is 5.04. The third kappa shape index (κ3) is 3.39.